The van der Waals surface area contributed by atoms with Gasteiger partial charge in [-0.1, -0.05) is 36.4 Å². The number of aliphatic hydroxyl groups is 1. The van der Waals surface area contributed by atoms with E-state index in [1.54, 1.807) is 0 Å². The van der Waals surface area contributed by atoms with Crippen LogP contribution in [0.15, 0.2) is 59.6 Å². The monoisotopic (exact) mass is 346 g/mol. The molecule has 2 aliphatic heterocycles. The number of aliphatic imine (C=N–C) groups is 1. The quantitative estimate of drug-likeness (QED) is 0.771. The van der Waals surface area contributed by atoms with Crippen LogP contribution in [0, 0.1) is 0 Å². The normalized spacial score (nSPS) is 18.0. The summed E-state index contributed by atoms with van der Waals surface area (Å²) < 4.78 is 11.1. The van der Waals surface area contributed by atoms with Crippen LogP contribution in [0.25, 0.3) is 10.8 Å². The molecule has 130 valence electrons. The molecule has 2 aliphatic rings. The Morgan fingerprint density at radius 3 is 2.62 bits per heavy atom. The average Bonchev–Trinajstić information content (AvgIpc) is 3.13. The molecule has 0 aromatic heterocycles. The highest BCUT2D eigenvalue weighted by molar-refractivity contribution is 6.18. The first-order valence-corrected chi connectivity index (χ1v) is 8.70. The lowest BCUT2D eigenvalue weighted by Crippen LogP contribution is -2.38. The van der Waals surface area contributed by atoms with Gasteiger partial charge in [0, 0.05) is 23.7 Å². The highest BCUT2D eigenvalue weighted by atomic mass is 16.7. The molecule has 0 saturated carbocycles. The van der Waals surface area contributed by atoms with Gasteiger partial charge in [-0.15, -0.1) is 0 Å². The average molecular weight is 346 g/mol. The van der Waals surface area contributed by atoms with Gasteiger partial charge in [-0.3, -0.25) is 0 Å². The number of nitrogens with zero attached hydrogens (tertiary/aromatic N) is 2. The fourth-order valence-electron chi connectivity index (χ4n) is 3.64. The molecule has 3 aromatic rings. The maximum absolute atomic E-state index is 10.6. The van der Waals surface area contributed by atoms with E-state index in [-0.39, 0.29) is 6.79 Å². The van der Waals surface area contributed by atoms with E-state index in [1.807, 2.05) is 42.2 Å². The van der Waals surface area contributed by atoms with E-state index in [9.17, 15) is 5.11 Å². The molecule has 1 atom stereocenters. The molecule has 5 heteroatoms. The van der Waals surface area contributed by atoms with Crippen LogP contribution in [0.1, 0.15) is 18.1 Å². The molecule has 1 N–H and O–H groups in total. The van der Waals surface area contributed by atoms with Crippen molar-refractivity contribution in [3.8, 4) is 11.5 Å². The number of benzene rings is 3. The van der Waals surface area contributed by atoms with Gasteiger partial charge in [0.05, 0.1) is 11.4 Å². The van der Waals surface area contributed by atoms with Crippen LogP contribution in [-0.4, -0.2) is 30.5 Å². The van der Waals surface area contributed by atoms with Crippen molar-refractivity contribution in [2.24, 2.45) is 4.99 Å². The van der Waals surface area contributed by atoms with Crippen molar-refractivity contribution in [2.75, 3.05) is 18.2 Å². The number of hydrogen-bond donors (Lipinski definition) is 1. The van der Waals surface area contributed by atoms with Gasteiger partial charge in [-0.2, -0.15) is 0 Å². The van der Waals surface area contributed by atoms with Gasteiger partial charge >= 0.3 is 0 Å². The van der Waals surface area contributed by atoms with Crippen molar-refractivity contribution in [2.45, 2.75) is 13.3 Å². The predicted molar refractivity (Wildman–Crippen MR) is 101 cm³/mol. The van der Waals surface area contributed by atoms with Crippen LogP contribution >= 0.6 is 0 Å². The van der Waals surface area contributed by atoms with Crippen LogP contribution in [0.5, 0.6) is 11.5 Å². The number of hydrogen-bond acceptors (Lipinski definition) is 5. The Balaban J connectivity index is 1.71. The Kier molecular flexibility index (Phi) is 3.36. The van der Waals surface area contributed by atoms with Gasteiger partial charge in [0.25, 0.3) is 0 Å². The Hall–Kier alpha value is -3.05. The molecule has 0 saturated heterocycles. The van der Waals surface area contributed by atoms with Gasteiger partial charge in [0.1, 0.15) is 0 Å². The van der Waals surface area contributed by atoms with Crippen LogP contribution in [-0.2, 0) is 0 Å². The van der Waals surface area contributed by atoms with Crippen molar-refractivity contribution in [3.63, 3.8) is 0 Å². The third-order valence-electron chi connectivity index (χ3n) is 4.94. The number of ether oxygens (including phenoxy) is 2. The van der Waals surface area contributed by atoms with Gasteiger partial charge in [-0.25, -0.2) is 4.99 Å². The third kappa shape index (κ3) is 2.24. The molecule has 0 amide bonds. The zero-order valence-electron chi connectivity index (χ0n) is 14.3. The molecule has 1 unspecified atom stereocenters. The Bertz CT molecular complexity index is 1040. The second kappa shape index (κ2) is 5.75. The molecule has 0 fully saturated rings. The Labute approximate surface area is 151 Å². The summed E-state index contributed by atoms with van der Waals surface area (Å²) in [5, 5.41) is 12.9. The smallest absolute Gasteiger partial charge is 0.231 e. The topological polar surface area (TPSA) is 54.3 Å². The summed E-state index contributed by atoms with van der Waals surface area (Å²) in [6.45, 7) is 2.85. The molecular weight excluding hydrogens is 328 g/mol. The zero-order valence-corrected chi connectivity index (χ0v) is 14.3. The zero-order chi connectivity index (χ0) is 17.7. The molecule has 5 nitrogen and oxygen atoms in total. The molecule has 2 heterocycles. The maximum atomic E-state index is 10.6. The molecule has 5 rings (SSSR count). The summed E-state index contributed by atoms with van der Waals surface area (Å²) in [5.41, 5.74) is 3.58. The minimum Gasteiger partial charge on any atom is -0.454 e. The molecule has 3 aromatic carbocycles. The van der Waals surface area contributed by atoms with Gasteiger partial charge in [-0.05, 0) is 29.8 Å². The lowest BCUT2D eigenvalue weighted by molar-refractivity contribution is 0.173. The van der Waals surface area contributed by atoms with Crippen molar-refractivity contribution in [1.29, 1.82) is 0 Å². The first-order valence-electron chi connectivity index (χ1n) is 8.70. The van der Waals surface area contributed by atoms with Crippen LogP contribution < -0.4 is 14.4 Å². The minimum atomic E-state index is -0.922. The van der Waals surface area contributed by atoms with E-state index in [1.165, 1.54) is 5.39 Å². The van der Waals surface area contributed by atoms with E-state index in [0.717, 1.165) is 27.9 Å². The highest BCUT2D eigenvalue weighted by Crippen LogP contribution is 2.41. The van der Waals surface area contributed by atoms with Crippen molar-refractivity contribution >= 4 is 22.2 Å². The molecule has 0 radical (unpaired) electrons. The lowest BCUT2D eigenvalue weighted by Gasteiger charge is -2.33. The van der Waals surface area contributed by atoms with E-state index in [0.29, 0.717) is 18.0 Å². The number of rotatable bonds is 2. The Morgan fingerprint density at radius 2 is 1.81 bits per heavy atom. The van der Waals surface area contributed by atoms with E-state index in [4.69, 9.17) is 9.47 Å². The summed E-state index contributed by atoms with van der Waals surface area (Å²) in [6, 6.07) is 18.3. The molecule has 0 aliphatic carbocycles. The first kappa shape index (κ1) is 15.2. The second-order valence-electron chi connectivity index (χ2n) is 6.39. The first-order chi connectivity index (χ1) is 12.7. The van der Waals surface area contributed by atoms with E-state index < -0.39 is 6.35 Å². The van der Waals surface area contributed by atoms with Gasteiger partial charge in [0.2, 0.25) is 13.1 Å². The molecular formula is C21H18N2O3. The minimum absolute atomic E-state index is 0.218. The van der Waals surface area contributed by atoms with E-state index >= 15 is 0 Å². The third-order valence-corrected chi connectivity index (χ3v) is 4.94. The largest absolute Gasteiger partial charge is 0.454 e. The summed E-state index contributed by atoms with van der Waals surface area (Å²) in [4.78, 5) is 6.43. The van der Waals surface area contributed by atoms with Crippen molar-refractivity contribution in [3.05, 3.63) is 65.7 Å². The summed E-state index contributed by atoms with van der Waals surface area (Å²) in [6.07, 6.45) is -0.922. The van der Waals surface area contributed by atoms with E-state index in [2.05, 4.69) is 29.3 Å². The Morgan fingerprint density at radius 1 is 1.04 bits per heavy atom. The second-order valence-corrected chi connectivity index (χ2v) is 6.39. The standard InChI is InChI=1S/C21H18N2O3/c1-2-23-17-11-19-18(25-12-26-19)10-16(17)20(22-21(23)24)15-8-7-13-5-3-4-6-14(13)9-15/h3-11,21,24H,2,12H2,1H3. The van der Waals surface area contributed by atoms with Gasteiger partial charge < -0.3 is 19.5 Å². The number of aliphatic hydroxyl groups excluding tert-OH is 1. The predicted octanol–water partition coefficient (Wildman–Crippen LogP) is 3.52. The molecule has 0 bridgehead atoms. The van der Waals surface area contributed by atoms with Crippen molar-refractivity contribution < 1.29 is 14.6 Å². The summed E-state index contributed by atoms with van der Waals surface area (Å²) in [7, 11) is 0. The van der Waals surface area contributed by atoms with Crippen molar-refractivity contribution in [1.82, 2.24) is 0 Å². The number of anilines is 1. The summed E-state index contributed by atoms with van der Waals surface area (Å²) in [5.74, 6) is 1.42. The maximum Gasteiger partial charge on any atom is 0.231 e. The lowest BCUT2D eigenvalue weighted by atomic mass is 9.96. The SMILES string of the molecule is CCN1c2cc3c(cc2C(c2ccc4ccccc4c2)=NC1O)OCO3. The fourth-order valence-corrected chi connectivity index (χ4v) is 3.64. The molecule has 26 heavy (non-hydrogen) atoms. The highest BCUT2D eigenvalue weighted by Gasteiger charge is 2.30. The van der Waals surface area contributed by atoms with Crippen LogP contribution in [0.3, 0.4) is 0 Å². The van der Waals surface area contributed by atoms with Crippen LogP contribution in [0.2, 0.25) is 0 Å². The summed E-state index contributed by atoms with van der Waals surface area (Å²) >= 11 is 0. The number of fused-ring (bicyclic) bond motifs is 3. The fraction of sp³-hybridized carbons (Fsp3) is 0.190. The van der Waals surface area contributed by atoms with Crippen LogP contribution in [0.4, 0.5) is 5.69 Å². The van der Waals surface area contributed by atoms with Gasteiger partial charge in [0.15, 0.2) is 11.5 Å². The molecule has 0 spiro atoms.